The van der Waals surface area contributed by atoms with Crippen LogP contribution in [0.5, 0.6) is 5.75 Å². The van der Waals surface area contributed by atoms with Crippen molar-refractivity contribution in [2.75, 3.05) is 44.7 Å². The second-order valence-corrected chi connectivity index (χ2v) is 10.6. The summed E-state index contributed by atoms with van der Waals surface area (Å²) in [5.74, 6) is 0.258. The Labute approximate surface area is 207 Å². The highest BCUT2D eigenvalue weighted by molar-refractivity contribution is 7.89. The smallest absolute Gasteiger partial charge is 0.409 e. The van der Waals surface area contributed by atoms with Gasteiger partial charge in [-0.3, -0.25) is 10.1 Å². The standard InChI is InChI=1S/C23H26N4O6S2/c1-3-32-18-6-5-7-19-20(18)24-22(34-19)25-21(28)16-8-10-17(11-9-16)35(30,31)27-14-12-26(13-15-27)23(29)33-4-2/h5-11H,3-4,12-15H2,1-2H3,(H,24,25,28). The summed E-state index contributed by atoms with van der Waals surface area (Å²) < 4.78 is 38.8. The second-order valence-electron chi connectivity index (χ2n) is 7.62. The first-order valence-electron chi connectivity index (χ1n) is 11.2. The number of carbonyl (C=O) groups is 2. The minimum Gasteiger partial charge on any atom is -0.492 e. The van der Waals surface area contributed by atoms with E-state index >= 15 is 0 Å². The Morgan fingerprint density at radius 2 is 1.74 bits per heavy atom. The summed E-state index contributed by atoms with van der Waals surface area (Å²) >= 11 is 1.33. The highest BCUT2D eigenvalue weighted by Crippen LogP contribution is 2.32. The topological polar surface area (TPSA) is 118 Å². The number of hydrogen-bond acceptors (Lipinski definition) is 8. The van der Waals surface area contributed by atoms with Crippen molar-refractivity contribution in [1.29, 1.82) is 0 Å². The van der Waals surface area contributed by atoms with Gasteiger partial charge in [0.25, 0.3) is 5.91 Å². The van der Waals surface area contributed by atoms with Crippen molar-refractivity contribution >= 4 is 48.7 Å². The van der Waals surface area contributed by atoms with E-state index in [2.05, 4.69) is 10.3 Å². The lowest BCUT2D eigenvalue weighted by Gasteiger charge is -2.33. The zero-order valence-electron chi connectivity index (χ0n) is 19.4. The molecule has 12 heteroatoms. The number of hydrogen-bond donors (Lipinski definition) is 1. The number of anilines is 1. The number of sulfonamides is 1. The number of nitrogens with zero attached hydrogens (tertiary/aromatic N) is 3. The molecule has 1 N–H and O–H groups in total. The number of carbonyl (C=O) groups excluding carboxylic acids is 2. The van der Waals surface area contributed by atoms with Crippen LogP contribution in [0.15, 0.2) is 47.4 Å². The van der Waals surface area contributed by atoms with Crippen LogP contribution in [0.25, 0.3) is 10.2 Å². The summed E-state index contributed by atoms with van der Waals surface area (Å²) in [7, 11) is -3.75. The first-order chi connectivity index (χ1) is 16.8. The van der Waals surface area contributed by atoms with Crippen molar-refractivity contribution in [2.45, 2.75) is 18.7 Å². The van der Waals surface area contributed by atoms with Gasteiger partial charge in [-0.15, -0.1) is 0 Å². The van der Waals surface area contributed by atoms with Crippen molar-refractivity contribution in [3.05, 3.63) is 48.0 Å². The SMILES string of the molecule is CCOC(=O)N1CCN(S(=O)(=O)c2ccc(C(=O)Nc3nc4c(OCC)cccc4s3)cc2)CC1. The minimum atomic E-state index is -3.75. The predicted molar refractivity (Wildman–Crippen MR) is 133 cm³/mol. The fourth-order valence-corrected chi connectivity index (χ4v) is 5.97. The van der Waals surface area contributed by atoms with E-state index in [0.29, 0.717) is 28.6 Å². The van der Waals surface area contributed by atoms with Crippen LogP contribution in [-0.4, -0.2) is 74.0 Å². The number of benzene rings is 2. The maximum atomic E-state index is 13.0. The number of thiazole rings is 1. The zero-order chi connectivity index (χ0) is 25.0. The van der Waals surface area contributed by atoms with E-state index < -0.39 is 22.0 Å². The highest BCUT2D eigenvalue weighted by Gasteiger charge is 2.30. The van der Waals surface area contributed by atoms with E-state index in [1.807, 2.05) is 25.1 Å². The summed E-state index contributed by atoms with van der Waals surface area (Å²) in [5, 5.41) is 3.19. The van der Waals surface area contributed by atoms with Crippen molar-refractivity contribution in [3.8, 4) is 5.75 Å². The van der Waals surface area contributed by atoms with Crippen LogP contribution < -0.4 is 10.1 Å². The summed E-state index contributed by atoms with van der Waals surface area (Å²) in [6.45, 7) is 5.24. The summed E-state index contributed by atoms with van der Waals surface area (Å²) in [4.78, 5) is 30.6. The van der Waals surface area contributed by atoms with Crippen molar-refractivity contribution in [2.24, 2.45) is 0 Å². The molecule has 1 saturated heterocycles. The van der Waals surface area contributed by atoms with E-state index in [9.17, 15) is 18.0 Å². The quantitative estimate of drug-likeness (QED) is 0.509. The molecule has 2 amide bonds. The molecule has 1 aliphatic rings. The van der Waals surface area contributed by atoms with E-state index in [-0.39, 0.29) is 37.7 Å². The molecular formula is C23H26N4O6S2. The molecular weight excluding hydrogens is 492 g/mol. The van der Waals surface area contributed by atoms with Crippen LogP contribution in [0.1, 0.15) is 24.2 Å². The molecule has 1 aromatic heterocycles. The Kier molecular flexibility index (Phi) is 7.53. The first kappa shape index (κ1) is 24.9. The van der Waals surface area contributed by atoms with Crippen LogP contribution in [0, 0.1) is 0 Å². The third-order valence-corrected chi connectivity index (χ3v) is 8.27. The van der Waals surface area contributed by atoms with Gasteiger partial charge in [0.15, 0.2) is 5.13 Å². The summed E-state index contributed by atoms with van der Waals surface area (Å²) in [6, 6.07) is 11.4. The maximum absolute atomic E-state index is 13.0. The Balaban J connectivity index is 1.42. The number of rotatable bonds is 7. The molecule has 35 heavy (non-hydrogen) atoms. The molecule has 0 aliphatic carbocycles. The van der Waals surface area contributed by atoms with E-state index in [0.717, 1.165) is 4.70 Å². The Morgan fingerprint density at radius 1 is 1.03 bits per heavy atom. The van der Waals surface area contributed by atoms with Gasteiger partial charge in [-0.2, -0.15) is 4.31 Å². The highest BCUT2D eigenvalue weighted by atomic mass is 32.2. The lowest BCUT2D eigenvalue weighted by Crippen LogP contribution is -2.50. The number of para-hydroxylation sites is 1. The molecule has 0 bridgehead atoms. The molecule has 1 aliphatic heterocycles. The molecule has 0 saturated carbocycles. The minimum absolute atomic E-state index is 0.0833. The monoisotopic (exact) mass is 518 g/mol. The molecule has 0 radical (unpaired) electrons. The first-order valence-corrected chi connectivity index (χ1v) is 13.4. The molecule has 2 heterocycles. The van der Waals surface area contributed by atoms with Crippen LogP contribution in [0.3, 0.4) is 0 Å². The van der Waals surface area contributed by atoms with Crippen molar-refractivity contribution in [1.82, 2.24) is 14.2 Å². The molecule has 186 valence electrons. The number of piperazine rings is 1. The third-order valence-electron chi connectivity index (χ3n) is 5.42. The number of aromatic nitrogens is 1. The van der Waals surface area contributed by atoms with E-state index in [1.54, 1.807) is 6.92 Å². The van der Waals surface area contributed by atoms with Crippen LogP contribution in [0.4, 0.5) is 9.93 Å². The van der Waals surface area contributed by atoms with E-state index in [1.165, 1.54) is 44.8 Å². The molecule has 0 unspecified atom stereocenters. The van der Waals surface area contributed by atoms with Crippen LogP contribution in [0.2, 0.25) is 0 Å². The van der Waals surface area contributed by atoms with Crippen molar-refractivity contribution < 1.29 is 27.5 Å². The van der Waals surface area contributed by atoms with Gasteiger partial charge in [0, 0.05) is 31.7 Å². The fourth-order valence-electron chi connectivity index (χ4n) is 3.67. The normalized spacial score (nSPS) is 14.6. The lowest BCUT2D eigenvalue weighted by atomic mass is 10.2. The number of nitrogens with one attached hydrogen (secondary N) is 1. The summed E-state index contributed by atoms with van der Waals surface area (Å²) in [6.07, 6.45) is -0.442. The molecule has 0 spiro atoms. The Bertz CT molecular complexity index is 1320. The van der Waals surface area contributed by atoms with Gasteiger partial charge in [-0.05, 0) is 50.2 Å². The maximum Gasteiger partial charge on any atom is 0.409 e. The van der Waals surface area contributed by atoms with Gasteiger partial charge >= 0.3 is 6.09 Å². The Hall–Kier alpha value is -3.22. The average molecular weight is 519 g/mol. The van der Waals surface area contributed by atoms with Gasteiger partial charge in [-0.1, -0.05) is 17.4 Å². The molecule has 3 aromatic rings. The van der Waals surface area contributed by atoms with E-state index in [4.69, 9.17) is 9.47 Å². The van der Waals surface area contributed by atoms with Gasteiger partial charge in [0.05, 0.1) is 22.8 Å². The van der Waals surface area contributed by atoms with Crippen LogP contribution in [-0.2, 0) is 14.8 Å². The number of ether oxygens (including phenoxy) is 2. The zero-order valence-corrected chi connectivity index (χ0v) is 21.0. The third kappa shape index (κ3) is 5.39. The van der Waals surface area contributed by atoms with Crippen LogP contribution >= 0.6 is 11.3 Å². The second kappa shape index (κ2) is 10.6. The Morgan fingerprint density at radius 3 is 2.40 bits per heavy atom. The average Bonchev–Trinajstić information content (AvgIpc) is 3.28. The molecule has 0 atom stereocenters. The number of fused-ring (bicyclic) bond motifs is 1. The fraction of sp³-hybridized carbons (Fsp3) is 0.348. The van der Waals surface area contributed by atoms with Gasteiger partial charge in [0.1, 0.15) is 11.3 Å². The molecule has 1 fully saturated rings. The summed E-state index contributed by atoms with van der Waals surface area (Å²) in [5.41, 5.74) is 0.986. The molecule has 2 aromatic carbocycles. The van der Waals surface area contributed by atoms with Gasteiger partial charge < -0.3 is 14.4 Å². The molecule has 10 nitrogen and oxygen atoms in total. The number of amides is 2. The van der Waals surface area contributed by atoms with Crippen molar-refractivity contribution in [3.63, 3.8) is 0 Å². The largest absolute Gasteiger partial charge is 0.492 e. The lowest BCUT2D eigenvalue weighted by molar-refractivity contribution is 0.0933. The predicted octanol–water partition coefficient (Wildman–Crippen LogP) is 3.41. The molecule has 4 rings (SSSR count). The van der Waals surface area contributed by atoms with Gasteiger partial charge in [0.2, 0.25) is 10.0 Å². The van der Waals surface area contributed by atoms with Gasteiger partial charge in [-0.25, -0.2) is 18.2 Å².